The lowest BCUT2D eigenvalue weighted by Crippen LogP contribution is -2.57. The van der Waals surface area contributed by atoms with Crippen molar-refractivity contribution in [3.8, 4) is 0 Å². The highest BCUT2D eigenvalue weighted by Gasteiger charge is 2.65. The summed E-state index contributed by atoms with van der Waals surface area (Å²) in [5.41, 5.74) is -0.142. The summed E-state index contributed by atoms with van der Waals surface area (Å²) in [6.45, 7) is 1.76. The van der Waals surface area contributed by atoms with Crippen molar-refractivity contribution < 1.29 is 41.2 Å². The monoisotopic (exact) mass is 466 g/mol. The van der Waals surface area contributed by atoms with Crippen LogP contribution in [-0.2, 0) is 29.5 Å². The van der Waals surface area contributed by atoms with Gasteiger partial charge in [-0.2, -0.15) is 0 Å². The van der Waals surface area contributed by atoms with Gasteiger partial charge >= 0.3 is 28.1 Å². The molecule has 0 radical (unpaired) electrons. The van der Waals surface area contributed by atoms with Crippen LogP contribution in [0.5, 0.6) is 0 Å². The number of quaternary nitrogens is 1. The Morgan fingerprint density at radius 1 is 1.38 bits per heavy atom. The fourth-order valence-electron chi connectivity index (χ4n) is 2.27. The van der Waals surface area contributed by atoms with Crippen molar-refractivity contribution in [2.45, 2.75) is 42.9 Å². The molecule has 158 valence electrons. The number of aromatic nitrogens is 1. The van der Waals surface area contributed by atoms with E-state index in [4.69, 9.17) is 0 Å². The van der Waals surface area contributed by atoms with Crippen LogP contribution >= 0.6 is 21.6 Å². The first kappa shape index (κ1) is 23.2. The van der Waals surface area contributed by atoms with Crippen LogP contribution in [0, 0.1) is 10.1 Å². The Morgan fingerprint density at radius 3 is 2.48 bits per heavy atom. The van der Waals surface area contributed by atoms with Gasteiger partial charge in [-0.15, -0.1) is 8.42 Å². The lowest BCUT2D eigenvalue weighted by molar-refractivity contribution is -0.853. The van der Waals surface area contributed by atoms with Gasteiger partial charge in [0.25, 0.3) is 5.69 Å². The first-order valence-corrected chi connectivity index (χ1v) is 11.7. The number of imide groups is 1. The number of pyridine rings is 1. The Morgan fingerprint density at radius 2 is 2.00 bits per heavy atom. The molecule has 2 rings (SSSR count). The Balaban J connectivity index is 1.88. The third kappa shape index (κ3) is 5.30. The van der Waals surface area contributed by atoms with Gasteiger partial charge in [0.15, 0.2) is 0 Å². The van der Waals surface area contributed by atoms with E-state index in [9.17, 15) is 37.5 Å². The lowest BCUT2D eigenvalue weighted by atomic mass is 10.2. The van der Waals surface area contributed by atoms with Crippen LogP contribution in [0.3, 0.4) is 0 Å². The zero-order valence-corrected chi connectivity index (χ0v) is 17.4. The lowest BCUT2D eigenvalue weighted by Gasteiger charge is -2.20. The third-order valence-corrected chi connectivity index (χ3v) is 7.74. The van der Waals surface area contributed by atoms with Gasteiger partial charge in [-0.05, 0) is 23.3 Å². The minimum absolute atomic E-state index is 0.142. The zero-order valence-electron chi connectivity index (χ0n) is 14.9. The van der Waals surface area contributed by atoms with E-state index >= 15 is 0 Å². The second-order valence-electron chi connectivity index (χ2n) is 5.89. The van der Waals surface area contributed by atoms with Crippen molar-refractivity contribution in [3.05, 3.63) is 28.4 Å². The summed E-state index contributed by atoms with van der Waals surface area (Å²) in [6.07, 6.45) is 0.0944. The van der Waals surface area contributed by atoms with Gasteiger partial charge < -0.3 is 0 Å². The second kappa shape index (κ2) is 9.17. The summed E-state index contributed by atoms with van der Waals surface area (Å²) < 4.78 is 30.0. The molecule has 12 nitrogen and oxygen atoms in total. The van der Waals surface area contributed by atoms with E-state index in [2.05, 4.69) is 9.82 Å². The number of nitrogens with zero attached hydrogens (tertiary/aromatic N) is 3. The third-order valence-electron chi connectivity index (χ3n) is 3.75. The standard InChI is InChI=1S/C14H15N3O9S3/c1-9(27-28-11-4-3-10(8-15-11)16(21)22)2-7-14(20)26-17(29(23,24)25)12(18)5-6-13(17)19/h3-4,8-9H,2,5-7H2,1H3/p+1. The molecular weight excluding hydrogens is 450 g/mol. The van der Waals surface area contributed by atoms with Gasteiger partial charge in [0.2, 0.25) is 0 Å². The normalized spacial score (nSPS) is 17.2. The Bertz CT molecular complexity index is 917. The molecule has 1 atom stereocenters. The molecule has 0 aromatic carbocycles. The quantitative estimate of drug-likeness (QED) is 0.140. The molecule has 0 saturated carbocycles. The van der Waals surface area contributed by atoms with Crippen molar-refractivity contribution in [2.24, 2.45) is 0 Å². The number of carbonyl (C=O) groups excluding carboxylic acids is 3. The molecule has 1 aliphatic heterocycles. The number of hydrogen-bond donors (Lipinski definition) is 1. The van der Waals surface area contributed by atoms with Crippen molar-refractivity contribution in [1.29, 1.82) is 0 Å². The molecule has 0 spiro atoms. The maximum Gasteiger partial charge on any atom is 0.488 e. The van der Waals surface area contributed by atoms with E-state index in [1.807, 2.05) is 0 Å². The molecule has 1 N–H and O–H groups in total. The van der Waals surface area contributed by atoms with Gasteiger partial charge in [0, 0.05) is 11.3 Å². The predicted octanol–water partition coefficient (Wildman–Crippen LogP) is 1.82. The Labute approximate surface area is 173 Å². The van der Waals surface area contributed by atoms with Gasteiger partial charge in [0.1, 0.15) is 15.3 Å². The van der Waals surface area contributed by atoms with Gasteiger partial charge in [-0.3, -0.25) is 10.1 Å². The molecule has 1 saturated heterocycles. The molecular formula is C14H16N3O9S3+. The van der Waals surface area contributed by atoms with Crippen LogP contribution in [-0.4, -0.2) is 50.0 Å². The van der Waals surface area contributed by atoms with E-state index < -0.39 is 49.9 Å². The molecule has 2 amide bonds. The van der Waals surface area contributed by atoms with Gasteiger partial charge in [0.05, 0.1) is 24.2 Å². The number of amides is 2. The molecule has 2 heterocycles. The average molecular weight is 466 g/mol. The average Bonchev–Trinajstić information content (AvgIpc) is 2.94. The maximum absolute atomic E-state index is 12.0. The van der Waals surface area contributed by atoms with Crippen LogP contribution in [0.1, 0.15) is 32.6 Å². The summed E-state index contributed by atoms with van der Waals surface area (Å²) in [6, 6.07) is 2.78. The summed E-state index contributed by atoms with van der Waals surface area (Å²) in [4.78, 5) is 54.2. The summed E-state index contributed by atoms with van der Waals surface area (Å²) in [7, 11) is -2.80. The molecule has 1 fully saturated rings. The highest BCUT2D eigenvalue weighted by Crippen LogP contribution is 2.35. The molecule has 1 unspecified atom stereocenters. The van der Waals surface area contributed by atoms with Gasteiger partial charge in [-0.1, -0.05) is 17.7 Å². The highest BCUT2D eigenvalue weighted by atomic mass is 33.1. The van der Waals surface area contributed by atoms with Crippen molar-refractivity contribution >= 4 is 55.4 Å². The summed E-state index contributed by atoms with van der Waals surface area (Å²) in [5.74, 6) is -3.58. The molecule has 29 heavy (non-hydrogen) atoms. The van der Waals surface area contributed by atoms with Crippen molar-refractivity contribution in [3.63, 3.8) is 0 Å². The molecule has 15 heteroatoms. The zero-order chi connectivity index (χ0) is 21.8. The largest absolute Gasteiger partial charge is 0.488 e. The smallest absolute Gasteiger partial charge is 0.258 e. The number of hydrogen-bond acceptors (Lipinski definition) is 11. The molecule has 1 aromatic rings. The van der Waals surface area contributed by atoms with E-state index in [1.165, 1.54) is 33.7 Å². The van der Waals surface area contributed by atoms with Crippen LogP contribution in [0.2, 0.25) is 0 Å². The summed E-state index contributed by atoms with van der Waals surface area (Å²) >= 11 is 0. The fourth-order valence-corrected chi connectivity index (χ4v) is 5.22. The first-order valence-electron chi connectivity index (χ1n) is 8.07. The predicted molar refractivity (Wildman–Crippen MR) is 100 cm³/mol. The van der Waals surface area contributed by atoms with E-state index in [-0.39, 0.29) is 23.8 Å². The number of hydroxylamine groups is 2. The van der Waals surface area contributed by atoms with E-state index in [0.717, 1.165) is 6.20 Å². The van der Waals surface area contributed by atoms with Crippen LogP contribution in [0.15, 0.2) is 23.4 Å². The van der Waals surface area contributed by atoms with Crippen LogP contribution in [0.25, 0.3) is 0 Å². The van der Waals surface area contributed by atoms with E-state index in [1.54, 1.807) is 6.92 Å². The van der Waals surface area contributed by atoms with Crippen LogP contribution < -0.4 is 0 Å². The minimum Gasteiger partial charge on any atom is -0.258 e. The highest BCUT2D eigenvalue weighted by molar-refractivity contribution is 8.76. The number of nitro groups is 1. The van der Waals surface area contributed by atoms with Crippen molar-refractivity contribution in [1.82, 2.24) is 4.98 Å². The van der Waals surface area contributed by atoms with Crippen molar-refractivity contribution in [2.75, 3.05) is 0 Å². The van der Waals surface area contributed by atoms with Crippen LogP contribution in [0.4, 0.5) is 5.69 Å². The first-order chi connectivity index (χ1) is 13.5. The molecule has 1 aliphatic rings. The van der Waals surface area contributed by atoms with Gasteiger partial charge in [-0.25, -0.2) is 28.8 Å². The molecule has 1 aromatic heterocycles. The number of rotatable bonds is 9. The fraction of sp³-hybridized carbons (Fsp3) is 0.429. The molecule has 0 aliphatic carbocycles. The molecule has 0 bridgehead atoms. The number of carbonyl (C=O) groups is 3. The topological polar surface area (TPSA) is 171 Å². The SMILES string of the molecule is CC(CCC(=O)O[N+]1(S(=O)(=O)O)C(=O)CCC1=O)SSc1ccc([N+](=O)[O-])cn1. The van der Waals surface area contributed by atoms with E-state index in [0.29, 0.717) is 5.03 Å². The maximum atomic E-state index is 12.0. The second-order valence-corrected chi connectivity index (χ2v) is 9.96. The summed E-state index contributed by atoms with van der Waals surface area (Å²) in [5, 5.41) is 10.9. The minimum atomic E-state index is -5.32. The Hall–Kier alpha value is -2.07. The Kier molecular flexibility index (Phi) is 7.34.